The number of aliphatic carboxylic acids is 1. The van der Waals surface area contributed by atoms with Crippen molar-refractivity contribution in [1.29, 1.82) is 0 Å². The highest BCUT2D eigenvalue weighted by Gasteiger charge is 2.46. The van der Waals surface area contributed by atoms with E-state index in [0.717, 1.165) is 23.8 Å². The smallest absolute Gasteiger partial charge is 0.328 e. The molecule has 1 fully saturated rings. The molecule has 0 radical (unpaired) electrons. The van der Waals surface area contributed by atoms with Gasteiger partial charge in [0.05, 0.1) is 4.90 Å². The first-order valence-corrected chi connectivity index (χ1v) is 10.3. The molecule has 0 spiro atoms. The molecule has 0 bridgehead atoms. The third-order valence-corrected chi connectivity index (χ3v) is 6.64. The van der Waals surface area contributed by atoms with Crippen molar-refractivity contribution in [3.05, 3.63) is 65.5 Å². The van der Waals surface area contributed by atoms with Gasteiger partial charge in [0.1, 0.15) is 17.7 Å². The van der Waals surface area contributed by atoms with Crippen molar-refractivity contribution in [2.75, 3.05) is 0 Å². The summed E-state index contributed by atoms with van der Waals surface area (Å²) >= 11 is 0. The molecule has 3 unspecified atom stereocenters. The fourth-order valence-electron chi connectivity index (χ4n) is 3.94. The molecule has 6 nitrogen and oxygen atoms in total. The van der Waals surface area contributed by atoms with Crippen LogP contribution in [0.15, 0.2) is 53.4 Å². The Morgan fingerprint density at radius 3 is 2.64 bits per heavy atom. The summed E-state index contributed by atoms with van der Waals surface area (Å²) < 4.78 is 47.2. The lowest BCUT2D eigenvalue weighted by Crippen LogP contribution is -2.37. The monoisotopic (exact) mass is 403 g/mol. The summed E-state index contributed by atoms with van der Waals surface area (Å²) in [5, 5.41) is 8.85. The molecule has 2 aromatic rings. The molecule has 2 aliphatic rings. The number of rotatable bonds is 5. The van der Waals surface area contributed by atoms with Crippen LogP contribution in [0.2, 0.25) is 0 Å². The molecule has 28 heavy (non-hydrogen) atoms. The van der Waals surface area contributed by atoms with Crippen LogP contribution in [-0.4, -0.2) is 31.6 Å². The lowest BCUT2D eigenvalue weighted by Gasteiger charge is -2.19. The van der Waals surface area contributed by atoms with E-state index in [1.807, 2.05) is 6.07 Å². The molecule has 8 heteroatoms. The number of carbonyl (C=O) groups is 1. The molecular weight excluding hydrogens is 385 g/mol. The van der Waals surface area contributed by atoms with Gasteiger partial charge in [0, 0.05) is 29.2 Å². The molecule has 2 aromatic carbocycles. The van der Waals surface area contributed by atoms with Gasteiger partial charge >= 0.3 is 5.97 Å². The van der Waals surface area contributed by atoms with Gasteiger partial charge in [-0.2, -0.15) is 0 Å². The predicted octanol–water partition coefficient (Wildman–Crippen LogP) is 2.91. The summed E-state index contributed by atoms with van der Waals surface area (Å²) in [6.45, 7) is 0. The lowest BCUT2D eigenvalue weighted by molar-refractivity contribution is -0.131. The zero-order valence-electron chi connectivity index (χ0n) is 14.7. The standard InChI is InChI=1S/C20H18FNO5S/c21-13-5-7-14(8-6-13)28(25,26)22-16-9-10-17-19(16)15-3-1-2-12(20(15)27-17)4-11-18(23)24/h1-8,11,16-17,19,22H,9-10H2,(H,23,24). The Morgan fingerprint density at radius 1 is 1.18 bits per heavy atom. The average Bonchev–Trinajstić information content (AvgIpc) is 3.20. The number of benzene rings is 2. The Hall–Kier alpha value is -2.71. The number of halogens is 1. The summed E-state index contributed by atoms with van der Waals surface area (Å²) in [5.74, 6) is -1.12. The summed E-state index contributed by atoms with van der Waals surface area (Å²) in [7, 11) is -3.80. The molecule has 0 aromatic heterocycles. The first kappa shape index (κ1) is 18.6. The van der Waals surface area contributed by atoms with Crippen LogP contribution in [0, 0.1) is 5.82 Å². The largest absolute Gasteiger partial charge is 0.489 e. The Labute approximate surface area is 161 Å². The van der Waals surface area contributed by atoms with Gasteiger partial charge in [0.2, 0.25) is 10.0 Å². The zero-order valence-corrected chi connectivity index (χ0v) is 15.5. The van der Waals surface area contributed by atoms with E-state index in [0.29, 0.717) is 24.2 Å². The predicted molar refractivity (Wildman–Crippen MR) is 100 cm³/mol. The van der Waals surface area contributed by atoms with Crippen molar-refractivity contribution in [2.24, 2.45) is 0 Å². The lowest BCUT2D eigenvalue weighted by atomic mass is 9.93. The maximum Gasteiger partial charge on any atom is 0.328 e. The van der Waals surface area contributed by atoms with Crippen LogP contribution in [-0.2, 0) is 14.8 Å². The van der Waals surface area contributed by atoms with Gasteiger partial charge in [0.25, 0.3) is 0 Å². The Balaban J connectivity index is 1.62. The maximum atomic E-state index is 13.1. The van der Waals surface area contributed by atoms with Gasteiger partial charge < -0.3 is 9.84 Å². The Morgan fingerprint density at radius 2 is 1.93 bits per heavy atom. The van der Waals surface area contributed by atoms with E-state index < -0.39 is 21.8 Å². The molecule has 1 aliphatic carbocycles. The fraction of sp³-hybridized carbons (Fsp3) is 0.250. The van der Waals surface area contributed by atoms with Crippen LogP contribution >= 0.6 is 0 Å². The molecule has 146 valence electrons. The molecule has 1 saturated carbocycles. The average molecular weight is 403 g/mol. The quantitative estimate of drug-likeness (QED) is 0.749. The number of hydrogen-bond acceptors (Lipinski definition) is 4. The van der Waals surface area contributed by atoms with Gasteiger partial charge in [-0.15, -0.1) is 0 Å². The van der Waals surface area contributed by atoms with Gasteiger partial charge in [0.15, 0.2) is 0 Å². The fourth-order valence-corrected chi connectivity index (χ4v) is 5.23. The minimum atomic E-state index is -3.80. The molecule has 1 aliphatic heterocycles. The van der Waals surface area contributed by atoms with Crippen molar-refractivity contribution in [1.82, 2.24) is 4.72 Å². The second kappa shape index (κ2) is 7.03. The molecule has 2 N–H and O–H groups in total. The van der Waals surface area contributed by atoms with Crippen LogP contribution in [0.4, 0.5) is 4.39 Å². The van der Waals surface area contributed by atoms with Crippen LogP contribution in [0.25, 0.3) is 6.08 Å². The van der Waals surface area contributed by atoms with E-state index in [-0.39, 0.29) is 23.0 Å². The number of fused-ring (bicyclic) bond motifs is 3. The second-order valence-electron chi connectivity index (χ2n) is 6.88. The van der Waals surface area contributed by atoms with Crippen molar-refractivity contribution in [2.45, 2.75) is 35.8 Å². The number of nitrogens with one attached hydrogen (secondary N) is 1. The number of hydrogen-bond donors (Lipinski definition) is 2. The number of sulfonamides is 1. The minimum absolute atomic E-state index is 0.00892. The number of carboxylic acid groups (broad SMARTS) is 1. The molecule has 4 rings (SSSR count). The number of para-hydroxylation sites is 1. The van der Waals surface area contributed by atoms with Crippen LogP contribution in [0.1, 0.15) is 29.9 Å². The summed E-state index contributed by atoms with van der Waals surface area (Å²) in [6, 6.07) is 9.77. The molecule has 1 heterocycles. The van der Waals surface area contributed by atoms with E-state index >= 15 is 0 Å². The third-order valence-electron chi connectivity index (χ3n) is 5.14. The van der Waals surface area contributed by atoms with Gasteiger partial charge in [-0.1, -0.05) is 18.2 Å². The second-order valence-corrected chi connectivity index (χ2v) is 8.59. The zero-order chi connectivity index (χ0) is 19.9. The van der Waals surface area contributed by atoms with E-state index in [9.17, 15) is 17.6 Å². The molecule has 0 saturated heterocycles. The van der Waals surface area contributed by atoms with E-state index in [4.69, 9.17) is 9.84 Å². The highest BCUT2D eigenvalue weighted by atomic mass is 32.2. The summed E-state index contributed by atoms with van der Waals surface area (Å²) in [5.41, 5.74) is 1.51. The van der Waals surface area contributed by atoms with Crippen LogP contribution in [0.3, 0.4) is 0 Å². The van der Waals surface area contributed by atoms with E-state index in [1.165, 1.54) is 18.2 Å². The number of ether oxygens (including phenoxy) is 1. The SMILES string of the molecule is O=C(O)C=Cc1cccc2c1OC1CCC(NS(=O)(=O)c3ccc(F)cc3)C21. The van der Waals surface area contributed by atoms with Crippen molar-refractivity contribution >= 4 is 22.1 Å². The first-order valence-electron chi connectivity index (χ1n) is 8.83. The highest BCUT2D eigenvalue weighted by Crippen LogP contribution is 2.49. The van der Waals surface area contributed by atoms with Crippen molar-refractivity contribution in [3.8, 4) is 5.75 Å². The minimum Gasteiger partial charge on any atom is -0.489 e. The Bertz CT molecular complexity index is 1050. The van der Waals surface area contributed by atoms with Gasteiger partial charge in [-0.3, -0.25) is 0 Å². The van der Waals surface area contributed by atoms with Crippen LogP contribution in [0.5, 0.6) is 5.75 Å². The first-order chi connectivity index (χ1) is 13.3. The normalized spacial score (nSPS) is 23.4. The van der Waals surface area contributed by atoms with Crippen LogP contribution < -0.4 is 9.46 Å². The Kier molecular flexibility index (Phi) is 4.68. The highest BCUT2D eigenvalue weighted by molar-refractivity contribution is 7.89. The van der Waals surface area contributed by atoms with Gasteiger partial charge in [-0.05, 0) is 43.2 Å². The molecule has 3 atom stereocenters. The van der Waals surface area contributed by atoms with Crippen molar-refractivity contribution < 1.29 is 27.4 Å². The van der Waals surface area contributed by atoms with Crippen molar-refractivity contribution in [3.63, 3.8) is 0 Å². The van der Waals surface area contributed by atoms with E-state index in [2.05, 4.69) is 4.72 Å². The maximum absolute atomic E-state index is 13.1. The number of carboxylic acids is 1. The molecule has 0 amide bonds. The van der Waals surface area contributed by atoms with Gasteiger partial charge in [-0.25, -0.2) is 22.3 Å². The third kappa shape index (κ3) is 3.41. The van der Waals surface area contributed by atoms with E-state index in [1.54, 1.807) is 12.1 Å². The summed E-state index contributed by atoms with van der Waals surface area (Å²) in [6.07, 6.45) is 3.64. The summed E-state index contributed by atoms with van der Waals surface area (Å²) in [4.78, 5) is 10.8. The molecular formula is C20H18FNO5S. The topological polar surface area (TPSA) is 92.7 Å².